The van der Waals surface area contributed by atoms with Gasteiger partial charge < -0.3 is 14.8 Å². The Bertz CT molecular complexity index is 480. The van der Waals surface area contributed by atoms with Gasteiger partial charge in [0.1, 0.15) is 17.9 Å². The number of benzene rings is 1. The molecule has 5 heteroatoms. The fraction of sp³-hybridized carbons (Fsp3) is 0.429. The van der Waals surface area contributed by atoms with Crippen LogP contribution in [0.2, 0.25) is 0 Å². The fourth-order valence-corrected chi connectivity index (χ4v) is 1.74. The zero-order chi connectivity index (χ0) is 14.6. The van der Waals surface area contributed by atoms with Gasteiger partial charge in [0.15, 0.2) is 0 Å². The van der Waals surface area contributed by atoms with Gasteiger partial charge in [-0.25, -0.2) is 4.79 Å². The predicted molar refractivity (Wildman–Crippen MR) is 77.1 cm³/mol. The minimum atomic E-state index is -0.707. The van der Waals surface area contributed by atoms with Crippen LogP contribution in [0.5, 0.6) is 0 Å². The average Bonchev–Trinajstić information content (AvgIpc) is 2.27. The minimum Gasteiger partial charge on any atom is -0.444 e. The zero-order valence-corrected chi connectivity index (χ0v) is 13.1. The molecule has 1 atom stereocenters. The molecule has 0 saturated carbocycles. The van der Waals surface area contributed by atoms with Crippen molar-refractivity contribution in [3.8, 4) is 0 Å². The first-order valence-corrected chi connectivity index (χ1v) is 6.73. The lowest BCUT2D eigenvalue weighted by Crippen LogP contribution is -2.35. The van der Waals surface area contributed by atoms with Gasteiger partial charge in [0.05, 0.1) is 0 Å². The maximum Gasteiger partial charge on any atom is 0.408 e. The van der Waals surface area contributed by atoms with Gasteiger partial charge in [-0.1, -0.05) is 28.1 Å². The second-order valence-corrected chi connectivity index (χ2v) is 6.12. The molecule has 0 saturated heterocycles. The number of aldehydes is 1. The van der Waals surface area contributed by atoms with E-state index in [0.717, 1.165) is 15.6 Å². The monoisotopic (exact) mass is 327 g/mol. The summed E-state index contributed by atoms with van der Waals surface area (Å²) in [6, 6.07) is 4.77. The molecule has 19 heavy (non-hydrogen) atoms. The highest BCUT2D eigenvalue weighted by molar-refractivity contribution is 9.10. The van der Waals surface area contributed by atoms with E-state index in [4.69, 9.17) is 4.74 Å². The lowest BCUT2D eigenvalue weighted by Gasteiger charge is -2.21. The van der Waals surface area contributed by atoms with Crippen molar-refractivity contribution in [1.29, 1.82) is 0 Å². The molecule has 1 rings (SSSR count). The Hall–Kier alpha value is -1.36. The van der Waals surface area contributed by atoms with Gasteiger partial charge in [-0.15, -0.1) is 0 Å². The summed E-state index contributed by atoms with van der Waals surface area (Å²) < 4.78 is 6.08. The molecule has 0 aliphatic heterocycles. The lowest BCUT2D eigenvalue weighted by atomic mass is 10.1. The maximum atomic E-state index is 11.7. The van der Waals surface area contributed by atoms with Gasteiger partial charge in [-0.2, -0.15) is 0 Å². The molecule has 4 nitrogen and oxygen atoms in total. The summed E-state index contributed by atoms with van der Waals surface area (Å²) in [7, 11) is 0. The van der Waals surface area contributed by atoms with Crippen LogP contribution in [0.3, 0.4) is 0 Å². The van der Waals surface area contributed by atoms with Gasteiger partial charge in [0.25, 0.3) is 0 Å². The summed E-state index contributed by atoms with van der Waals surface area (Å²) in [4.78, 5) is 22.8. The van der Waals surface area contributed by atoms with Crippen molar-refractivity contribution >= 4 is 28.3 Å². The topological polar surface area (TPSA) is 55.4 Å². The van der Waals surface area contributed by atoms with E-state index in [2.05, 4.69) is 21.2 Å². The summed E-state index contributed by atoms with van der Waals surface area (Å²) in [6.07, 6.45) is 0.0808. The van der Waals surface area contributed by atoms with E-state index < -0.39 is 17.7 Å². The van der Waals surface area contributed by atoms with Crippen molar-refractivity contribution in [2.24, 2.45) is 0 Å². The van der Waals surface area contributed by atoms with E-state index in [1.165, 1.54) is 0 Å². The first-order valence-electron chi connectivity index (χ1n) is 5.94. The molecule has 0 spiro atoms. The molecule has 104 valence electrons. The Kier molecular flexibility index (Phi) is 5.11. The predicted octanol–water partition coefficient (Wildman–Crippen LogP) is 3.52. The smallest absolute Gasteiger partial charge is 0.408 e. The molecule has 0 aliphatic rings. The highest BCUT2D eigenvalue weighted by atomic mass is 79.9. The van der Waals surface area contributed by atoms with Crippen LogP contribution in [0.4, 0.5) is 4.79 Å². The maximum absolute atomic E-state index is 11.7. The van der Waals surface area contributed by atoms with Crippen molar-refractivity contribution in [2.75, 3.05) is 0 Å². The van der Waals surface area contributed by atoms with Crippen LogP contribution in [-0.4, -0.2) is 18.0 Å². The molecule has 0 radical (unpaired) electrons. The number of rotatable bonds is 3. The van der Waals surface area contributed by atoms with Gasteiger partial charge in [-0.3, -0.25) is 0 Å². The summed E-state index contributed by atoms with van der Waals surface area (Å²) in [5.41, 5.74) is 1.13. The number of amides is 1. The second kappa shape index (κ2) is 6.19. The first kappa shape index (κ1) is 15.7. The number of hydrogen-bond donors (Lipinski definition) is 1. The van der Waals surface area contributed by atoms with E-state index in [1.807, 2.05) is 19.1 Å². The average molecular weight is 328 g/mol. The Labute approximate surface area is 121 Å². The molecule has 0 fully saturated rings. The summed E-state index contributed by atoms with van der Waals surface area (Å²) >= 11 is 3.39. The first-order chi connectivity index (χ1) is 8.73. The third-order valence-electron chi connectivity index (χ3n) is 2.35. The van der Waals surface area contributed by atoms with Gasteiger partial charge in [-0.05, 0) is 44.9 Å². The van der Waals surface area contributed by atoms with Crippen LogP contribution in [-0.2, 0) is 9.53 Å². The quantitative estimate of drug-likeness (QED) is 0.864. The van der Waals surface area contributed by atoms with Crippen LogP contribution >= 0.6 is 15.9 Å². The number of nitrogens with one attached hydrogen (secondary N) is 1. The number of carbonyl (C=O) groups excluding carboxylic acids is 2. The Morgan fingerprint density at radius 1 is 1.42 bits per heavy atom. The van der Waals surface area contributed by atoms with Crippen LogP contribution in [0.1, 0.15) is 37.9 Å². The molecule has 0 aromatic heterocycles. The molecule has 0 aliphatic carbocycles. The molecule has 0 bridgehead atoms. The van der Waals surface area contributed by atoms with Crippen LogP contribution in [0.25, 0.3) is 0 Å². The number of aryl methyl sites for hydroxylation is 1. The van der Waals surface area contributed by atoms with Crippen LogP contribution in [0, 0.1) is 6.92 Å². The molecule has 1 amide bonds. The van der Waals surface area contributed by atoms with E-state index in [0.29, 0.717) is 6.29 Å². The molecule has 1 aromatic carbocycles. The number of carbonyl (C=O) groups is 2. The Balaban J connectivity index is 2.81. The SMILES string of the molecule is Cc1cc(C(C=O)NC(=O)OC(C)(C)C)ccc1Br. The summed E-state index contributed by atoms with van der Waals surface area (Å²) in [6.45, 7) is 7.23. The molecule has 1 N–H and O–H groups in total. The minimum absolute atomic E-state index is 0.590. The zero-order valence-electron chi connectivity index (χ0n) is 11.5. The third kappa shape index (κ3) is 5.03. The highest BCUT2D eigenvalue weighted by Crippen LogP contribution is 2.21. The van der Waals surface area contributed by atoms with Crippen LogP contribution < -0.4 is 5.32 Å². The molecule has 1 unspecified atom stereocenters. The molecule has 0 heterocycles. The van der Waals surface area contributed by atoms with Gasteiger partial charge in [0, 0.05) is 4.47 Å². The number of hydrogen-bond acceptors (Lipinski definition) is 3. The second-order valence-electron chi connectivity index (χ2n) is 5.27. The third-order valence-corrected chi connectivity index (χ3v) is 3.24. The lowest BCUT2D eigenvalue weighted by molar-refractivity contribution is -0.109. The van der Waals surface area contributed by atoms with E-state index >= 15 is 0 Å². The summed E-state index contributed by atoms with van der Waals surface area (Å²) in [5.74, 6) is 0. The molecular formula is C14H18BrNO3. The van der Waals surface area contributed by atoms with Gasteiger partial charge >= 0.3 is 6.09 Å². The van der Waals surface area contributed by atoms with E-state index in [9.17, 15) is 9.59 Å². The molecular weight excluding hydrogens is 310 g/mol. The number of ether oxygens (including phenoxy) is 1. The van der Waals surface area contributed by atoms with Gasteiger partial charge in [0.2, 0.25) is 0 Å². The van der Waals surface area contributed by atoms with Crippen molar-refractivity contribution in [3.05, 3.63) is 33.8 Å². The van der Waals surface area contributed by atoms with E-state index in [-0.39, 0.29) is 0 Å². The Morgan fingerprint density at radius 3 is 2.53 bits per heavy atom. The Morgan fingerprint density at radius 2 is 2.05 bits per heavy atom. The van der Waals surface area contributed by atoms with Crippen molar-refractivity contribution in [3.63, 3.8) is 0 Å². The highest BCUT2D eigenvalue weighted by Gasteiger charge is 2.20. The number of halogens is 1. The summed E-state index contributed by atoms with van der Waals surface area (Å²) in [5, 5.41) is 2.54. The normalized spacial score (nSPS) is 12.7. The number of alkyl carbamates (subject to hydrolysis) is 1. The standard InChI is InChI=1S/C14H18BrNO3/c1-9-7-10(5-6-11(9)15)12(8-17)16-13(18)19-14(2,3)4/h5-8,12H,1-4H3,(H,16,18). The van der Waals surface area contributed by atoms with E-state index in [1.54, 1.807) is 26.8 Å². The van der Waals surface area contributed by atoms with Crippen molar-refractivity contribution in [1.82, 2.24) is 5.32 Å². The molecule has 1 aromatic rings. The fourth-order valence-electron chi connectivity index (χ4n) is 1.49. The van der Waals surface area contributed by atoms with Crippen LogP contribution in [0.15, 0.2) is 22.7 Å². The van der Waals surface area contributed by atoms with Crippen molar-refractivity contribution in [2.45, 2.75) is 39.3 Å². The largest absolute Gasteiger partial charge is 0.444 e. The van der Waals surface area contributed by atoms with Crippen molar-refractivity contribution < 1.29 is 14.3 Å².